The predicted molar refractivity (Wildman–Crippen MR) is 75.7 cm³/mol. The first-order chi connectivity index (χ1) is 9.24. The molecule has 19 heavy (non-hydrogen) atoms. The zero-order valence-corrected chi connectivity index (χ0v) is 12.1. The molecule has 0 bridgehead atoms. The highest BCUT2D eigenvalue weighted by atomic mass is 16.5. The molecule has 0 aromatic heterocycles. The molecule has 4 heteroatoms. The molecule has 0 spiro atoms. The van der Waals surface area contributed by atoms with Crippen LogP contribution in [-0.2, 0) is 9.53 Å². The van der Waals surface area contributed by atoms with Crippen molar-refractivity contribution in [1.29, 1.82) is 0 Å². The van der Waals surface area contributed by atoms with Gasteiger partial charge in [-0.1, -0.05) is 19.8 Å². The van der Waals surface area contributed by atoms with Gasteiger partial charge in [0.25, 0.3) is 0 Å². The monoisotopic (exact) mass is 268 g/mol. The van der Waals surface area contributed by atoms with E-state index >= 15 is 0 Å². The molecule has 3 unspecified atom stereocenters. The zero-order chi connectivity index (χ0) is 13.7. The largest absolute Gasteiger partial charge is 0.375 e. The van der Waals surface area contributed by atoms with Crippen LogP contribution in [0.25, 0.3) is 0 Å². The fourth-order valence-electron chi connectivity index (χ4n) is 3.44. The second kappa shape index (κ2) is 7.25. The van der Waals surface area contributed by atoms with Gasteiger partial charge in [0.15, 0.2) is 0 Å². The number of rotatable bonds is 4. The Morgan fingerprint density at radius 2 is 2.26 bits per heavy atom. The third-order valence-electron chi connectivity index (χ3n) is 4.61. The molecule has 2 rings (SSSR count). The summed E-state index contributed by atoms with van der Waals surface area (Å²) in [5, 5.41) is 0. The minimum atomic E-state index is 0.237. The Labute approximate surface area is 116 Å². The first-order valence-corrected chi connectivity index (χ1v) is 7.85. The van der Waals surface area contributed by atoms with Crippen molar-refractivity contribution in [3.63, 3.8) is 0 Å². The van der Waals surface area contributed by atoms with Crippen LogP contribution in [-0.4, -0.2) is 43.2 Å². The van der Waals surface area contributed by atoms with Crippen molar-refractivity contribution in [2.24, 2.45) is 17.6 Å². The van der Waals surface area contributed by atoms with E-state index in [2.05, 4.69) is 6.92 Å². The highest BCUT2D eigenvalue weighted by Crippen LogP contribution is 2.32. The van der Waals surface area contributed by atoms with E-state index in [-0.39, 0.29) is 12.0 Å². The Hall–Kier alpha value is -0.610. The fourth-order valence-corrected chi connectivity index (χ4v) is 3.44. The fraction of sp³-hybridized carbons (Fsp3) is 0.933. The molecule has 1 saturated heterocycles. The molecule has 4 nitrogen and oxygen atoms in total. The van der Waals surface area contributed by atoms with E-state index in [4.69, 9.17) is 10.5 Å². The third-order valence-corrected chi connectivity index (χ3v) is 4.61. The van der Waals surface area contributed by atoms with Gasteiger partial charge in [-0.05, 0) is 38.1 Å². The van der Waals surface area contributed by atoms with E-state index in [0.29, 0.717) is 18.4 Å². The minimum absolute atomic E-state index is 0.237. The summed E-state index contributed by atoms with van der Waals surface area (Å²) in [5.41, 5.74) is 5.65. The highest BCUT2D eigenvalue weighted by Gasteiger charge is 2.32. The maximum absolute atomic E-state index is 12.6. The lowest BCUT2D eigenvalue weighted by molar-refractivity contribution is -0.144. The van der Waals surface area contributed by atoms with E-state index in [9.17, 15) is 4.79 Å². The van der Waals surface area contributed by atoms with Gasteiger partial charge >= 0.3 is 0 Å². The summed E-state index contributed by atoms with van der Waals surface area (Å²) in [6.45, 7) is 5.13. The molecule has 1 aliphatic heterocycles. The van der Waals surface area contributed by atoms with Gasteiger partial charge in [0.1, 0.15) is 0 Å². The van der Waals surface area contributed by atoms with Crippen LogP contribution in [0.3, 0.4) is 0 Å². The molecule has 1 amide bonds. The van der Waals surface area contributed by atoms with Crippen LogP contribution in [0.4, 0.5) is 0 Å². The van der Waals surface area contributed by atoms with Crippen LogP contribution in [0.15, 0.2) is 0 Å². The molecule has 1 heterocycles. The average molecular weight is 268 g/mol. The number of morpholine rings is 1. The lowest BCUT2D eigenvalue weighted by atomic mass is 9.79. The van der Waals surface area contributed by atoms with Crippen LogP contribution in [0.2, 0.25) is 0 Å². The van der Waals surface area contributed by atoms with Gasteiger partial charge in [0.2, 0.25) is 5.91 Å². The lowest BCUT2D eigenvalue weighted by Gasteiger charge is -2.37. The van der Waals surface area contributed by atoms with Crippen LogP contribution in [0.1, 0.15) is 45.4 Å². The van der Waals surface area contributed by atoms with Gasteiger partial charge in [-0.3, -0.25) is 4.79 Å². The number of hydrogen-bond acceptors (Lipinski definition) is 3. The summed E-state index contributed by atoms with van der Waals surface area (Å²) in [5.74, 6) is 1.26. The van der Waals surface area contributed by atoms with Crippen molar-refractivity contribution in [2.45, 2.75) is 51.6 Å². The maximum atomic E-state index is 12.6. The smallest absolute Gasteiger partial charge is 0.225 e. The van der Waals surface area contributed by atoms with E-state index in [1.165, 1.54) is 12.8 Å². The number of nitrogens with two attached hydrogens (primary N) is 1. The van der Waals surface area contributed by atoms with Gasteiger partial charge in [0, 0.05) is 19.0 Å². The molecular weight excluding hydrogens is 240 g/mol. The van der Waals surface area contributed by atoms with Gasteiger partial charge in [-0.2, -0.15) is 0 Å². The maximum Gasteiger partial charge on any atom is 0.225 e. The Morgan fingerprint density at radius 1 is 1.42 bits per heavy atom. The molecule has 2 fully saturated rings. The lowest BCUT2D eigenvalue weighted by Crippen LogP contribution is -2.48. The molecule has 0 aromatic carbocycles. The summed E-state index contributed by atoms with van der Waals surface area (Å²) in [4.78, 5) is 14.6. The van der Waals surface area contributed by atoms with E-state index in [0.717, 1.165) is 45.3 Å². The normalized spacial score (nSPS) is 32.3. The molecule has 0 radical (unpaired) electrons. The molecule has 0 aromatic rings. The van der Waals surface area contributed by atoms with E-state index in [1.807, 2.05) is 4.90 Å². The molecule has 1 aliphatic carbocycles. The molecule has 1 saturated carbocycles. The summed E-state index contributed by atoms with van der Waals surface area (Å²) in [6, 6.07) is 0. The Balaban J connectivity index is 1.87. The minimum Gasteiger partial charge on any atom is -0.375 e. The Bertz CT molecular complexity index is 294. The average Bonchev–Trinajstić information content (AvgIpc) is 2.47. The molecule has 2 aliphatic rings. The van der Waals surface area contributed by atoms with E-state index < -0.39 is 0 Å². The second-order valence-corrected chi connectivity index (χ2v) is 5.99. The molecular formula is C15H28N2O2. The standard InChI is InChI=1S/C15H28N2O2/c1-2-14-11-17(8-9-19-14)15(18)13-5-3-4-12(10-13)6-7-16/h12-14H,2-11,16H2,1H3. The highest BCUT2D eigenvalue weighted by molar-refractivity contribution is 5.79. The number of carbonyl (C=O) groups excluding carboxylic acids is 1. The van der Waals surface area contributed by atoms with Crippen LogP contribution < -0.4 is 5.73 Å². The van der Waals surface area contributed by atoms with Crippen molar-refractivity contribution < 1.29 is 9.53 Å². The number of hydrogen-bond donors (Lipinski definition) is 1. The molecule has 110 valence electrons. The summed E-state index contributed by atoms with van der Waals surface area (Å²) in [6.07, 6.45) is 6.85. The van der Waals surface area contributed by atoms with Crippen LogP contribution in [0.5, 0.6) is 0 Å². The van der Waals surface area contributed by atoms with Crippen molar-refractivity contribution >= 4 is 5.91 Å². The van der Waals surface area contributed by atoms with Gasteiger partial charge in [-0.15, -0.1) is 0 Å². The Kier molecular flexibility index (Phi) is 5.64. The van der Waals surface area contributed by atoms with E-state index in [1.54, 1.807) is 0 Å². The first-order valence-electron chi connectivity index (χ1n) is 7.85. The van der Waals surface area contributed by atoms with Gasteiger partial charge < -0.3 is 15.4 Å². The molecule has 3 atom stereocenters. The van der Waals surface area contributed by atoms with Crippen LogP contribution in [0, 0.1) is 11.8 Å². The summed E-state index contributed by atoms with van der Waals surface area (Å²) in [7, 11) is 0. The summed E-state index contributed by atoms with van der Waals surface area (Å²) < 4.78 is 5.64. The van der Waals surface area contributed by atoms with Crippen molar-refractivity contribution in [3.8, 4) is 0 Å². The number of ether oxygens (including phenoxy) is 1. The zero-order valence-electron chi connectivity index (χ0n) is 12.1. The topological polar surface area (TPSA) is 55.6 Å². The predicted octanol–water partition coefficient (Wildman–Crippen LogP) is 1.78. The van der Waals surface area contributed by atoms with Crippen molar-refractivity contribution in [2.75, 3.05) is 26.2 Å². The van der Waals surface area contributed by atoms with Crippen LogP contribution >= 0.6 is 0 Å². The number of amides is 1. The second-order valence-electron chi connectivity index (χ2n) is 5.99. The van der Waals surface area contributed by atoms with Crippen molar-refractivity contribution in [1.82, 2.24) is 4.90 Å². The number of nitrogens with zero attached hydrogens (tertiary/aromatic N) is 1. The Morgan fingerprint density at radius 3 is 3.00 bits per heavy atom. The SMILES string of the molecule is CCC1CN(C(=O)C2CCCC(CCN)C2)CCO1. The summed E-state index contributed by atoms with van der Waals surface area (Å²) >= 11 is 0. The van der Waals surface area contributed by atoms with Gasteiger partial charge in [0.05, 0.1) is 12.7 Å². The first kappa shape index (κ1) is 14.8. The quantitative estimate of drug-likeness (QED) is 0.845. The van der Waals surface area contributed by atoms with Gasteiger partial charge in [-0.25, -0.2) is 0 Å². The van der Waals surface area contributed by atoms with Crippen molar-refractivity contribution in [3.05, 3.63) is 0 Å². The number of carbonyl (C=O) groups is 1. The molecule has 2 N–H and O–H groups in total. The third kappa shape index (κ3) is 3.93.